The van der Waals surface area contributed by atoms with Gasteiger partial charge in [-0.1, -0.05) is 6.92 Å². The summed E-state index contributed by atoms with van der Waals surface area (Å²) in [5.74, 6) is 0.776. The fourth-order valence-electron chi connectivity index (χ4n) is 2.93. The Morgan fingerprint density at radius 3 is 3.00 bits per heavy atom. The highest BCUT2D eigenvalue weighted by Crippen LogP contribution is 2.24. The maximum atomic E-state index is 5.77. The molecule has 2 fully saturated rings. The van der Waals surface area contributed by atoms with Gasteiger partial charge >= 0.3 is 0 Å². The molecule has 2 heterocycles. The van der Waals surface area contributed by atoms with Crippen molar-refractivity contribution in [1.82, 2.24) is 10.2 Å². The smallest absolute Gasteiger partial charge is 0.0613 e. The minimum atomic E-state index is 0.522. The van der Waals surface area contributed by atoms with Crippen LogP contribution in [-0.2, 0) is 4.74 Å². The van der Waals surface area contributed by atoms with E-state index in [4.69, 9.17) is 4.74 Å². The quantitative estimate of drug-likeness (QED) is 0.789. The number of nitrogens with zero attached hydrogens (tertiary/aromatic N) is 1. The van der Waals surface area contributed by atoms with Crippen molar-refractivity contribution < 1.29 is 4.74 Å². The van der Waals surface area contributed by atoms with E-state index in [9.17, 15) is 0 Å². The van der Waals surface area contributed by atoms with Crippen LogP contribution in [0.3, 0.4) is 0 Å². The monoisotopic (exact) mass is 226 g/mol. The zero-order valence-corrected chi connectivity index (χ0v) is 10.7. The van der Waals surface area contributed by atoms with Gasteiger partial charge in [-0.2, -0.15) is 0 Å². The Morgan fingerprint density at radius 1 is 1.31 bits per heavy atom. The molecule has 3 atom stereocenters. The van der Waals surface area contributed by atoms with E-state index in [-0.39, 0.29) is 0 Å². The predicted octanol–water partition coefficient (Wildman–Crippen LogP) is 1.49. The van der Waals surface area contributed by atoms with Crippen LogP contribution in [0, 0.1) is 5.92 Å². The topological polar surface area (TPSA) is 24.5 Å². The van der Waals surface area contributed by atoms with E-state index in [1.807, 2.05) is 0 Å². The molecule has 2 rings (SSSR count). The van der Waals surface area contributed by atoms with Crippen molar-refractivity contribution in [3.8, 4) is 0 Å². The number of hydrogen-bond donors (Lipinski definition) is 1. The summed E-state index contributed by atoms with van der Waals surface area (Å²) in [4.78, 5) is 2.62. The summed E-state index contributed by atoms with van der Waals surface area (Å²) in [6, 6.07) is 0.687. The molecule has 16 heavy (non-hydrogen) atoms. The van der Waals surface area contributed by atoms with E-state index in [0.29, 0.717) is 12.1 Å². The molecule has 0 bridgehead atoms. The molecule has 0 aromatic rings. The van der Waals surface area contributed by atoms with Gasteiger partial charge in [-0.15, -0.1) is 0 Å². The van der Waals surface area contributed by atoms with Crippen LogP contribution in [0.5, 0.6) is 0 Å². The van der Waals surface area contributed by atoms with Crippen LogP contribution in [0.25, 0.3) is 0 Å². The third-order valence-electron chi connectivity index (χ3n) is 4.04. The van der Waals surface area contributed by atoms with Gasteiger partial charge in [0.05, 0.1) is 6.10 Å². The first-order valence-corrected chi connectivity index (χ1v) is 6.87. The Kier molecular flexibility index (Phi) is 4.62. The molecule has 3 heteroatoms. The van der Waals surface area contributed by atoms with Gasteiger partial charge < -0.3 is 15.0 Å². The maximum Gasteiger partial charge on any atom is 0.0613 e. The molecule has 3 nitrogen and oxygen atoms in total. The van der Waals surface area contributed by atoms with Gasteiger partial charge in [-0.3, -0.25) is 0 Å². The Hall–Kier alpha value is -0.120. The van der Waals surface area contributed by atoms with Crippen LogP contribution in [0.1, 0.15) is 33.1 Å². The maximum absolute atomic E-state index is 5.77. The van der Waals surface area contributed by atoms with Crippen molar-refractivity contribution in [3.63, 3.8) is 0 Å². The Bertz CT molecular complexity index is 210. The van der Waals surface area contributed by atoms with Gasteiger partial charge in [-0.25, -0.2) is 0 Å². The highest BCUT2D eigenvalue weighted by molar-refractivity contribution is 4.80. The highest BCUT2D eigenvalue weighted by atomic mass is 16.5. The van der Waals surface area contributed by atoms with Crippen molar-refractivity contribution in [1.29, 1.82) is 0 Å². The van der Waals surface area contributed by atoms with Crippen molar-refractivity contribution >= 4 is 0 Å². The molecule has 1 N–H and O–H groups in total. The third kappa shape index (κ3) is 3.19. The van der Waals surface area contributed by atoms with E-state index in [2.05, 4.69) is 24.1 Å². The zero-order valence-electron chi connectivity index (χ0n) is 10.7. The van der Waals surface area contributed by atoms with Crippen LogP contribution in [0.4, 0.5) is 0 Å². The molecule has 0 radical (unpaired) electrons. The largest absolute Gasteiger partial charge is 0.378 e. The van der Waals surface area contributed by atoms with Gasteiger partial charge in [0.2, 0.25) is 0 Å². The summed E-state index contributed by atoms with van der Waals surface area (Å²) < 4.78 is 5.77. The van der Waals surface area contributed by atoms with Crippen molar-refractivity contribution in [2.75, 3.05) is 32.8 Å². The van der Waals surface area contributed by atoms with Gasteiger partial charge in [-0.05, 0) is 38.6 Å². The highest BCUT2D eigenvalue weighted by Gasteiger charge is 2.28. The lowest BCUT2D eigenvalue weighted by Gasteiger charge is -2.25. The number of hydrogen-bond acceptors (Lipinski definition) is 3. The Labute approximate surface area is 99.5 Å². The van der Waals surface area contributed by atoms with Gasteiger partial charge in [0.15, 0.2) is 0 Å². The SMILES string of the molecule is CCC1OCCC1CN1CCNC(C)CC1. The molecule has 2 saturated heterocycles. The summed E-state index contributed by atoms with van der Waals surface area (Å²) in [5, 5.41) is 3.55. The summed E-state index contributed by atoms with van der Waals surface area (Å²) in [6.45, 7) is 10.4. The van der Waals surface area contributed by atoms with Gasteiger partial charge in [0, 0.05) is 32.3 Å². The first kappa shape index (κ1) is 12.3. The molecule has 0 aromatic carbocycles. The van der Waals surface area contributed by atoms with Gasteiger partial charge in [0.25, 0.3) is 0 Å². The van der Waals surface area contributed by atoms with E-state index < -0.39 is 0 Å². The van der Waals surface area contributed by atoms with Crippen LogP contribution >= 0.6 is 0 Å². The average molecular weight is 226 g/mol. The second-order valence-corrected chi connectivity index (χ2v) is 5.31. The first-order valence-electron chi connectivity index (χ1n) is 6.87. The molecule has 0 aromatic heterocycles. The number of ether oxygens (including phenoxy) is 1. The normalized spacial score (nSPS) is 37.5. The second-order valence-electron chi connectivity index (χ2n) is 5.31. The van der Waals surface area contributed by atoms with Crippen molar-refractivity contribution in [2.45, 2.75) is 45.3 Å². The fourth-order valence-corrected chi connectivity index (χ4v) is 2.93. The lowest BCUT2D eigenvalue weighted by Crippen LogP contribution is -2.35. The number of nitrogens with one attached hydrogen (secondary N) is 1. The average Bonchev–Trinajstić information content (AvgIpc) is 2.63. The fraction of sp³-hybridized carbons (Fsp3) is 1.00. The first-order chi connectivity index (χ1) is 7.79. The molecule has 2 aliphatic rings. The van der Waals surface area contributed by atoms with Crippen LogP contribution in [0.15, 0.2) is 0 Å². The molecule has 94 valence electrons. The minimum absolute atomic E-state index is 0.522. The van der Waals surface area contributed by atoms with Gasteiger partial charge in [0.1, 0.15) is 0 Å². The Morgan fingerprint density at radius 2 is 2.19 bits per heavy atom. The van der Waals surface area contributed by atoms with E-state index in [1.165, 1.54) is 38.9 Å². The molecule has 0 spiro atoms. The summed E-state index contributed by atoms with van der Waals surface area (Å²) in [6.07, 6.45) is 4.24. The molecular formula is C13H26N2O. The minimum Gasteiger partial charge on any atom is -0.378 e. The van der Waals surface area contributed by atoms with Crippen molar-refractivity contribution in [3.05, 3.63) is 0 Å². The van der Waals surface area contributed by atoms with E-state index in [0.717, 1.165) is 19.1 Å². The molecular weight excluding hydrogens is 200 g/mol. The van der Waals surface area contributed by atoms with Crippen molar-refractivity contribution in [2.24, 2.45) is 5.92 Å². The number of rotatable bonds is 3. The molecule has 0 aliphatic carbocycles. The van der Waals surface area contributed by atoms with E-state index in [1.54, 1.807) is 0 Å². The van der Waals surface area contributed by atoms with Crippen LogP contribution in [-0.4, -0.2) is 49.8 Å². The lowest BCUT2D eigenvalue weighted by atomic mass is 9.99. The molecule has 0 amide bonds. The second kappa shape index (κ2) is 5.99. The standard InChI is InChI=1S/C13H26N2O/c1-3-13-12(5-9-16-13)10-15-7-4-11(2)14-6-8-15/h11-14H,3-10H2,1-2H3. The predicted molar refractivity (Wildman–Crippen MR) is 66.7 cm³/mol. The van der Waals surface area contributed by atoms with Crippen LogP contribution in [0.2, 0.25) is 0 Å². The summed E-state index contributed by atoms with van der Waals surface area (Å²) in [5.41, 5.74) is 0. The summed E-state index contributed by atoms with van der Waals surface area (Å²) >= 11 is 0. The zero-order chi connectivity index (χ0) is 11.4. The Balaban J connectivity index is 1.79. The molecule has 0 saturated carbocycles. The van der Waals surface area contributed by atoms with E-state index >= 15 is 0 Å². The third-order valence-corrected chi connectivity index (χ3v) is 4.04. The molecule has 3 unspecified atom stereocenters. The summed E-state index contributed by atoms with van der Waals surface area (Å²) in [7, 11) is 0. The lowest BCUT2D eigenvalue weighted by molar-refractivity contribution is 0.0762. The molecule has 2 aliphatic heterocycles. The van der Waals surface area contributed by atoms with Crippen LogP contribution < -0.4 is 5.32 Å².